The van der Waals surface area contributed by atoms with Gasteiger partial charge in [0.25, 0.3) is 0 Å². The third kappa shape index (κ3) is 11.6. The van der Waals surface area contributed by atoms with Crippen LogP contribution in [0.1, 0.15) is 13.3 Å². The number of carbonyl (C=O) groups is 2. The second-order valence-electron chi connectivity index (χ2n) is 4.26. The lowest BCUT2D eigenvalue weighted by Gasteiger charge is -2.28. The van der Waals surface area contributed by atoms with Crippen molar-refractivity contribution < 1.29 is 31.2 Å². The molecule has 0 rings (SSSR count). The molecular weight excluding hydrogens is 241 g/mol. The van der Waals surface area contributed by atoms with Gasteiger partial charge >= 0.3 is 5.97 Å². The number of esters is 1. The zero-order chi connectivity index (χ0) is 11.4. The van der Waals surface area contributed by atoms with Gasteiger partial charge in [-0.2, -0.15) is 0 Å². The van der Waals surface area contributed by atoms with Gasteiger partial charge in [0.05, 0.1) is 27.6 Å². The normalized spacial score (nSPS) is 12.6. The van der Waals surface area contributed by atoms with Crippen LogP contribution in [0.3, 0.4) is 0 Å². The lowest BCUT2D eigenvalue weighted by atomic mass is 10.2. The number of hydrogen-bond donors (Lipinski definition) is 0. The molecule has 90 valence electrons. The Kier molecular flexibility index (Phi) is 8.02. The van der Waals surface area contributed by atoms with Crippen LogP contribution >= 0.6 is 11.6 Å². The lowest BCUT2D eigenvalue weighted by Crippen LogP contribution is -3.00. The topological polar surface area (TPSA) is 43.4 Å². The summed E-state index contributed by atoms with van der Waals surface area (Å²) in [4.78, 5) is 21.4. The van der Waals surface area contributed by atoms with Crippen molar-refractivity contribution >= 4 is 22.8 Å². The largest absolute Gasteiger partial charge is 1.00 e. The molecule has 1 atom stereocenters. The van der Waals surface area contributed by atoms with Crippen LogP contribution < -0.4 is 12.4 Å². The molecule has 0 aromatic heterocycles. The highest BCUT2D eigenvalue weighted by Gasteiger charge is 2.22. The summed E-state index contributed by atoms with van der Waals surface area (Å²) in [7, 11) is 5.86. The van der Waals surface area contributed by atoms with Crippen molar-refractivity contribution in [2.45, 2.75) is 19.4 Å². The molecule has 6 heteroatoms. The summed E-state index contributed by atoms with van der Waals surface area (Å²) in [5, 5.41) is -0.482. The minimum absolute atomic E-state index is 0. The number of ether oxygens (including phenoxy) is 1. The number of hydrogen-bond acceptors (Lipinski definition) is 3. The summed E-state index contributed by atoms with van der Waals surface area (Å²) in [5.41, 5.74) is 0. The van der Waals surface area contributed by atoms with Crippen molar-refractivity contribution in [2.24, 2.45) is 0 Å². The highest BCUT2D eigenvalue weighted by atomic mass is 35.5. The van der Waals surface area contributed by atoms with Gasteiger partial charge in [-0.3, -0.25) is 9.59 Å². The predicted molar refractivity (Wildman–Crippen MR) is 53.9 cm³/mol. The molecule has 0 heterocycles. The fourth-order valence-electron chi connectivity index (χ4n) is 1.17. The molecule has 0 fully saturated rings. The molecule has 0 aromatic rings. The van der Waals surface area contributed by atoms with E-state index in [4.69, 9.17) is 16.3 Å². The Morgan fingerprint density at radius 3 is 2.07 bits per heavy atom. The summed E-state index contributed by atoms with van der Waals surface area (Å²) in [6, 6.07) is 0. The van der Waals surface area contributed by atoms with E-state index in [0.717, 1.165) is 0 Å². The third-order valence-electron chi connectivity index (χ3n) is 1.47. The van der Waals surface area contributed by atoms with E-state index in [9.17, 15) is 9.59 Å². The Balaban J connectivity index is 0. The summed E-state index contributed by atoms with van der Waals surface area (Å²) in [5.74, 6) is -0.388. The van der Waals surface area contributed by atoms with Crippen molar-refractivity contribution in [2.75, 3.05) is 27.7 Å². The molecule has 0 amide bonds. The molecule has 0 aromatic carbocycles. The van der Waals surface area contributed by atoms with Crippen molar-refractivity contribution in [3.05, 3.63) is 0 Å². The second-order valence-corrected chi connectivity index (χ2v) is 4.69. The van der Waals surface area contributed by atoms with E-state index in [1.165, 1.54) is 6.92 Å². The maximum absolute atomic E-state index is 10.7. The van der Waals surface area contributed by atoms with Crippen LogP contribution in [0.2, 0.25) is 0 Å². The highest BCUT2D eigenvalue weighted by molar-refractivity contribution is 6.63. The molecule has 0 aliphatic carbocycles. The van der Waals surface area contributed by atoms with E-state index in [2.05, 4.69) is 0 Å². The van der Waals surface area contributed by atoms with E-state index >= 15 is 0 Å². The van der Waals surface area contributed by atoms with Crippen molar-refractivity contribution in [1.82, 2.24) is 0 Å². The molecule has 0 aliphatic rings. The Morgan fingerprint density at radius 1 is 1.33 bits per heavy atom. The van der Waals surface area contributed by atoms with Gasteiger partial charge in [0, 0.05) is 6.92 Å². The minimum Gasteiger partial charge on any atom is -1.00 e. The second kappa shape index (κ2) is 7.04. The van der Waals surface area contributed by atoms with Gasteiger partial charge in [-0.15, -0.1) is 0 Å². The van der Waals surface area contributed by atoms with Crippen LogP contribution in [0.25, 0.3) is 0 Å². The lowest BCUT2D eigenvalue weighted by molar-refractivity contribution is -0.873. The molecular formula is C9H17Cl2NO3. The van der Waals surface area contributed by atoms with E-state index in [-0.39, 0.29) is 24.8 Å². The van der Waals surface area contributed by atoms with Gasteiger partial charge in [0.15, 0.2) is 6.10 Å². The average molecular weight is 258 g/mol. The summed E-state index contributed by atoms with van der Waals surface area (Å²) < 4.78 is 5.59. The van der Waals surface area contributed by atoms with Gasteiger partial charge in [0.1, 0.15) is 6.54 Å². The van der Waals surface area contributed by atoms with Crippen LogP contribution in [-0.2, 0) is 14.3 Å². The quantitative estimate of drug-likeness (QED) is 0.319. The summed E-state index contributed by atoms with van der Waals surface area (Å²) in [6.45, 7) is 1.89. The Hall–Kier alpha value is -0.320. The Bertz CT molecular complexity index is 210. The van der Waals surface area contributed by atoms with E-state index in [1.54, 1.807) is 0 Å². The first-order chi connectivity index (χ1) is 6.20. The molecule has 0 N–H and O–H groups in total. The molecule has 0 saturated carbocycles. The number of rotatable bonds is 5. The number of nitrogens with zero attached hydrogens (tertiary/aromatic N) is 1. The molecule has 15 heavy (non-hydrogen) atoms. The fraction of sp³-hybridized carbons (Fsp3) is 0.778. The number of quaternary nitrogens is 1. The van der Waals surface area contributed by atoms with Crippen LogP contribution in [0.5, 0.6) is 0 Å². The highest BCUT2D eigenvalue weighted by Crippen LogP contribution is 2.07. The van der Waals surface area contributed by atoms with E-state index in [0.29, 0.717) is 11.0 Å². The molecule has 0 saturated heterocycles. The molecule has 4 nitrogen and oxygen atoms in total. The number of carbonyl (C=O) groups excluding carboxylic acids is 2. The maximum Gasteiger partial charge on any atom is 0.303 e. The van der Waals surface area contributed by atoms with Crippen molar-refractivity contribution in [3.63, 3.8) is 0 Å². The first-order valence-electron chi connectivity index (χ1n) is 4.36. The van der Waals surface area contributed by atoms with Gasteiger partial charge in [-0.25, -0.2) is 0 Å². The van der Waals surface area contributed by atoms with Crippen molar-refractivity contribution in [1.29, 1.82) is 0 Å². The van der Waals surface area contributed by atoms with Crippen molar-refractivity contribution in [3.8, 4) is 0 Å². The van der Waals surface area contributed by atoms with E-state index in [1.807, 2.05) is 21.1 Å². The fourth-order valence-corrected chi connectivity index (χ4v) is 1.34. The number of halogens is 2. The Labute approximate surface area is 102 Å². The van der Waals surface area contributed by atoms with Gasteiger partial charge in [0.2, 0.25) is 5.24 Å². The third-order valence-corrected chi connectivity index (χ3v) is 1.63. The SMILES string of the molecule is CC(=O)OC(CC(=O)Cl)C[N+](C)(C)C.[Cl-]. The summed E-state index contributed by atoms with van der Waals surface area (Å²) >= 11 is 5.25. The van der Waals surface area contributed by atoms with Gasteiger partial charge in [-0.05, 0) is 11.6 Å². The monoisotopic (exact) mass is 257 g/mol. The zero-order valence-corrected chi connectivity index (χ0v) is 10.9. The van der Waals surface area contributed by atoms with Crippen LogP contribution in [-0.4, -0.2) is 49.5 Å². The summed E-state index contributed by atoms with van der Waals surface area (Å²) in [6.07, 6.45) is -0.367. The van der Waals surface area contributed by atoms with Crippen LogP contribution in [0.15, 0.2) is 0 Å². The van der Waals surface area contributed by atoms with Crippen LogP contribution in [0.4, 0.5) is 0 Å². The predicted octanol–water partition coefficient (Wildman–Crippen LogP) is -2.22. The minimum atomic E-state index is -0.482. The first kappa shape index (κ1) is 17.1. The molecule has 0 bridgehead atoms. The van der Waals surface area contributed by atoms with Crippen LogP contribution in [0, 0.1) is 0 Å². The first-order valence-corrected chi connectivity index (χ1v) is 4.74. The smallest absolute Gasteiger partial charge is 0.303 e. The van der Waals surface area contributed by atoms with E-state index < -0.39 is 11.3 Å². The standard InChI is InChI=1S/C9H17ClNO3.ClH/c1-7(12)14-8(5-9(10)13)6-11(2,3)4;/h8H,5-6H2,1-4H3;1H/q+1;/p-1. The molecule has 0 aliphatic heterocycles. The molecule has 1 unspecified atom stereocenters. The zero-order valence-electron chi connectivity index (χ0n) is 9.42. The van der Waals surface area contributed by atoms with Gasteiger partial charge < -0.3 is 21.6 Å². The Morgan fingerprint density at radius 2 is 1.80 bits per heavy atom. The number of likely N-dealkylation sites (N-methyl/N-ethyl adjacent to an activating group) is 1. The maximum atomic E-state index is 10.7. The molecule has 0 spiro atoms. The molecule has 0 radical (unpaired) electrons. The average Bonchev–Trinajstić information content (AvgIpc) is 1.77. The van der Waals surface area contributed by atoms with Gasteiger partial charge in [-0.1, -0.05) is 0 Å².